The average Bonchev–Trinajstić information content (AvgIpc) is 2.95. The first-order chi connectivity index (χ1) is 10.3. The highest BCUT2D eigenvalue weighted by atomic mass is 79.9. The van der Waals surface area contributed by atoms with Gasteiger partial charge in [0, 0.05) is 14.7 Å². The fraction of sp³-hybridized carbons (Fsp3) is 0.0588. The summed E-state index contributed by atoms with van der Waals surface area (Å²) < 4.78 is 7.35. The zero-order valence-electron chi connectivity index (χ0n) is 11.2. The van der Waals surface area contributed by atoms with Gasteiger partial charge >= 0.3 is 0 Å². The first-order valence-corrected chi connectivity index (χ1v) is 9.36. The topological polar surface area (TPSA) is 9.23 Å². The highest BCUT2D eigenvalue weighted by molar-refractivity contribution is 9.10. The summed E-state index contributed by atoms with van der Waals surface area (Å²) in [5, 5.41) is 2.09. The van der Waals surface area contributed by atoms with Gasteiger partial charge in [0.05, 0.1) is 0 Å². The molecule has 0 spiro atoms. The van der Waals surface area contributed by atoms with E-state index in [1.807, 2.05) is 12.1 Å². The Morgan fingerprint density at radius 2 is 1.48 bits per heavy atom. The van der Waals surface area contributed by atoms with Gasteiger partial charge in [-0.15, -0.1) is 11.3 Å². The average molecular weight is 378 g/mol. The molecule has 0 aliphatic heterocycles. The van der Waals surface area contributed by atoms with Crippen LogP contribution in [-0.4, -0.2) is 0 Å². The van der Waals surface area contributed by atoms with Gasteiger partial charge in [-0.1, -0.05) is 36.4 Å². The molecule has 21 heavy (non-hydrogen) atoms. The summed E-state index contributed by atoms with van der Waals surface area (Å²) in [6.45, 7) is 0.628. The fourth-order valence-electron chi connectivity index (χ4n) is 1.91. The lowest BCUT2D eigenvalue weighted by molar-refractivity contribution is 0.354. The third-order valence-electron chi connectivity index (χ3n) is 2.86. The summed E-state index contributed by atoms with van der Waals surface area (Å²) in [7, 11) is 0. The molecule has 0 aliphatic rings. The second-order valence-electron chi connectivity index (χ2n) is 4.39. The van der Waals surface area contributed by atoms with E-state index in [9.17, 15) is 0 Å². The molecule has 0 saturated carbocycles. The lowest BCUT2D eigenvalue weighted by Gasteiger charge is -2.05. The van der Waals surface area contributed by atoms with E-state index in [4.69, 9.17) is 4.18 Å². The van der Waals surface area contributed by atoms with Crippen LogP contribution in [-0.2, 0) is 22.0 Å². The van der Waals surface area contributed by atoms with Crippen LogP contribution in [0.1, 0.15) is 4.88 Å². The molecule has 0 N–H and O–H groups in total. The SMILES string of the molecule is Brc1csc(CO[S+](c2ccccc2)c2ccccc2)c1. The van der Waals surface area contributed by atoms with Crippen molar-refractivity contribution in [2.75, 3.05) is 0 Å². The van der Waals surface area contributed by atoms with Crippen molar-refractivity contribution >= 4 is 38.4 Å². The molecule has 1 aromatic heterocycles. The minimum Gasteiger partial charge on any atom is -0.156 e. The minimum absolute atomic E-state index is 0.351. The summed E-state index contributed by atoms with van der Waals surface area (Å²) in [4.78, 5) is 3.64. The molecule has 1 nitrogen and oxygen atoms in total. The van der Waals surface area contributed by atoms with E-state index in [0.717, 1.165) is 4.47 Å². The Kier molecular flexibility index (Phi) is 5.14. The Bertz CT molecular complexity index is 643. The monoisotopic (exact) mass is 377 g/mol. The molecular weight excluding hydrogens is 364 g/mol. The maximum Gasteiger partial charge on any atom is 0.223 e. The zero-order valence-corrected chi connectivity index (χ0v) is 14.5. The van der Waals surface area contributed by atoms with E-state index in [-0.39, 0.29) is 11.2 Å². The van der Waals surface area contributed by atoms with E-state index in [2.05, 4.69) is 75.9 Å². The number of hydrogen-bond donors (Lipinski definition) is 0. The van der Waals surface area contributed by atoms with Crippen molar-refractivity contribution in [2.24, 2.45) is 0 Å². The third-order valence-corrected chi connectivity index (χ3v) is 6.28. The van der Waals surface area contributed by atoms with Gasteiger partial charge in [0.15, 0.2) is 9.79 Å². The number of hydrogen-bond acceptors (Lipinski definition) is 2. The summed E-state index contributed by atoms with van der Waals surface area (Å²) in [5.41, 5.74) is 0. The summed E-state index contributed by atoms with van der Waals surface area (Å²) >= 11 is 4.85. The molecule has 0 unspecified atom stereocenters. The molecule has 1 heterocycles. The minimum atomic E-state index is -0.351. The molecule has 3 aromatic rings. The maximum atomic E-state index is 6.23. The Morgan fingerprint density at radius 1 is 0.905 bits per heavy atom. The van der Waals surface area contributed by atoms with Gasteiger partial charge in [0.1, 0.15) is 6.61 Å². The lowest BCUT2D eigenvalue weighted by atomic mass is 10.4. The van der Waals surface area contributed by atoms with E-state index in [1.54, 1.807) is 11.3 Å². The fourth-order valence-corrected chi connectivity index (χ4v) is 4.94. The van der Waals surface area contributed by atoms with Crippen molar-refractivity contribution in [1.29, 1.82) is 0 Å². The molecule has 4 heteroatoms. The van der Waals surface area contributed by atoms with Crippen molar-refractivity contribution < 1.29 is 4.18 Å². The third kappa shape index (κ3) is 3.98. The molecule has 0 radical (unpaired) electrons. The molecule has 0 fully saturated rings. The van der Waals surface area contributed by atoms with Crippen LogP contribution < -0.4 is 0 Å². The molecule has 0 bridgehead atoms. The molecule has 0 saturated heterocycles. The van der Waals surface area contributed by atoms with Crippen LogP contribution >= 0.6 is 27.3 Å². The Hall–Kier alpha value is -1.07. The summed E-state index contributed by atoms with van der Waals surface area (Å²) in [6, 6.07) is 22.9. The molecule has 106 valence electrons. The van der Waals surface area contributed by atoms with Crippen LogP contribution in [0.4, 0.5) is 0 Å². The second-order valence-corrected chi connectivity index (χ2v) is 8.02. The molecule has 0 atom stereocenters. The normalized spacial score (nSPS) is 11.0. The number of rotatable bonds is 5. The van der Waals surface area contributed by atoms with Crippen LogP contribution in [0.25, 0.3) is 0 Å². The van der Waals surface area contributed by atoms with Gasteiger partial charge < -0.3 is 0 Å². The Labute approximate surface area is 140 Å². The van der Waals surface area contributed by atoms with E-state index in [0.29, 0.717) is 6.61 Å². The predicted molar refractivity (Wildman–Crippen MR) is 93.6 cm³/mol. The number of thiophene rings is 1. The second kappa shape index (κ2) is 7.27. The standard InChI is InChI=1S/C17H14BrOS2/c18-14-11-15(20-13-14)12-19-21(16-7-3-1-4-8-16)17-9-5-2-6-10-17/h1-11,13H,12H2/q+1. The smallest absolute Gasteiger partial charge is 0.156 e. The first-order valence-electron chi connectivity index (χ1n) is 6.53. The summed E-state index contributed by atoms with van der Waals surface area (Å²) in [6.07, 6.45) is 0. The van der Waals surface area contributed by atoms with Crippen molar-refractivity contribution in [2.45, 2.75) is 16.4 Å². The first kappa shape index (κ1) is 14.9. The van der Waals surface area contributed by atoms with Gasteiger partial charge in [-0.3, -0.25) is 0 Å². The van der Waals surface area contributed by atoms with Crippen LogP contribution in [0.15, 0.2) is 86.4 Å². The van der Waals surface area contributed by atoms with Crippen LogP contribution in [0.2, 0.25) is 0 Å². The summed E-state index contributed by atoms with van der Waals surface area (Å²) in [5.74, 6) is 0. The zero-order chi connectivity index (χ0) is 14.5. The van der Waals surface area contributed by atoms with Crippen LogP contribution in [0.5, 0.6) is 0 Å². The van der Waals surface area contributed by atoms with E-state index >= 15 is 0 Å². The van der Waals surface area contributed by atoms with Gasteiger partial charge in [0.25, 0.3) is 0 Å². The van der Waals surface area contributed by atoms with Crippen LogP contribution in [0, 0.1) is 0 Å². The van der Waals surface area contributed by atoms with Crippen molar-refractivity contribution in [3.05, 3.63) is 81.5 Å². The van der Waals surface area contributed by atoms with E-state index < -0.39 is 0 Å². The Morgan fingerprint density at radius 3 is 1.95 bits per heavy atom. The highest BCUT2D eigenvalue weighted by Gasteiger charge is 2.27. The van der Waals surface area contributed by atoms with Crippen molar-refractivity contribution in [3.8, 4) is 0 Å². The van der Waals surface area contributed by atoms with Gasteiger partial charge in [-0.2, -0.15) is 4.18 Å². The molecule has 2 aromatic carbocycles. The molecule has 0 amide bonds. The molecule has 0 aliphatic carbocycles. The predicted octanol–water partition coefficient (Wildman–Crippen LogP) is 5.68. The van der Waals surface area contributed by atoms with Gasteiger partial charge in [-0.05, 0) is 46.3 Å². The number of benzene rings is 2. The number of halogens is 1. The maximum absolute atomic E-state index is 6.23. The van der Waals surface area contributed by atoms with Crippen LogP contribution in [0.3, 0.4) is 0 Å². The highest BCUT2D eigenvalue weighted by Crippen LogP contribution is 2.27. The quantitative estimate of drug-likeness (QED) is 0.519. The lowest BCUT2D eigenvalue weighted by Crippen LogP contribution is -2.08. The van der Waals surface area contributed by atoms with Gasteiger partial charge in [0.2, 0.25) is 11.2 Å². The van der Waals surface area contributed by atoms with Gasteiger partial charge in [-0.25, -0.2) is 0 Å². The van der Waals surface area contributed by atoms with Crippen molar-refractivity contribution in [1.82, 2.24) is 0 Å². The molecular formula is C17H14BrOS2+. The van der Waals surface area contributed by atoms with E-state index in [1.165, 1.54) is 14.7 Å². The van der Waals surface area contributed by atoms with Crippen molar-refractivity contribution in [3.63, 3.8) is 0 Å². The largest absolute Gasteiger partial charge is 0.223 e. The molecule has 3 rings (SSSR count). The Balaban J connectivity index is 1.83.